The van der Waals surface area contributed by atoms with Gasteiger partial charge in [0.2, 0.25) is 0 Å². The molecule has 2 saturated heterocycles. The molecule has 3 aliphatic rings. The van der Waals surface area contributed by atoms with E-state index in [1.807, 2.05) is 0 Å². The van der Waals surface area contributed by atoms with E-state index < -0.39 is 0 Å². The molecule has 0 radical (unpaired) electrons. The predicted molar refractivity (Wildman–Crippen MR) is 88.3 cm³/mol. The van der Waals surface area contributed by atoms with Crippen LogP contribution in [0.1, 0.15) is 43.2 Å². The highest BCUT2D eigenvalue weighted by atomic mass is 16.5. The molecule has 4 nitrogen and oxygen atoms in total. The molecule has 0 spiro atoms. The van der Waals surface area contributed by atoms with E-state index in [0.29, 0.717) is 24.2 Å². The van der Waals surface area contributed by atoms with Crippen molar-refractivity contribution in [1.29, 1.82) is 0 Å². The summed E-state index contributed by atoms with van der Waals surface area (Å²) in [5, 5.41) is 6.97. The van der Waals surface area contributed by atoms with Gasteiger partial charge >= 0.3 is 0 Å². The van der Waals surface area contributed by atoms with E-state index >= 15 is 0 Å². The molecule has 2 bridgehead atoms. The Morgan fingerprint density at radius 1 is 1.32 bits per heavy atom. The van der Waals surface area contributed by atoms with E-state index in [1.54, 1.807) is 0 Å². The zero-order valence-corrected chi connectivity index (χ0v) is 13.2. The molecule has 4 rings (SSSR count). The van der Waals surface area contributed by atoms with Gasteiger partial charge in [0.15, 0.2) is 5.96 Å². The molecule has 4 unspecified atom stereocenters. The molecule has 4 heteroatoms. The summed E-state index contributed by atoms with van der Waals surface area (Å²) in [5.41, 5.74) is 2.97. The Kier molecular flexibility index (Phi) is 3.78. The number of benzene rings is 1. The first-order valence-corrected chi connectivity index (χ1v) is 8.61. The summed E-state index contributed by atoms with van der Waals surface area (Å²) in [6.45, 7) is 3.88. The Hall–Kier alpha value is -1.55. The monoisotopic (exact) mass is 299 g/mol. The van der Waals surface area contributed by atoms with Crippen LogP contribution in [-0.2, 0) is 11.2 Å². The summed E-state index contributed by atoms with van der Waals surface area (Å²) < 4.78 is 5.92. The normalized spacial score (nSPS) is 32.5. The van der Waals surface area contributed by atoms with Crippen LogP contribution >= 0.6 is 0 Å². The van der Waals surface area contributed by atoms with Crippen LogP contribution in [0.15, 0.2) is 29.3 Å². The molecule has 2 fully saturated rings. The summed E-state index contributed by atoms with van der Waals surface area (Å²) >= 11 is 0. The molecule has 2 aliphatic heterocycles. The minimum absolute atomic E-state index is 0.387. The second-order valence-corrected chi connectivity index (χ2v) is 6.68. The molecule has 1 aromatic rings. The highest BCUT2D eigenvalue weighted by Gasteiger charge is 2.41. The first-order valence-electron chi connectivity index (χ1n) is 8.61. The number of rotatable bonds is 4. The largest absolute Gasteiger partial charge is 0.373 e. The SMILES string of the molecule is CCNC(=NCC1Cc2ccccc21)NC1CC2CCC1O2. The Morgan fingerprint density at radius 2 is 2.23 bits per heavy atom. The second kappa shape index (κ2) is 5.92. The van der Waals surface area contributed by atoms with Gasteiger partial charge in [-0.05, 0) is 43.7 Å². The van der Waals surface area contributed by atoms with Gasteiger partial charge < -0.3 is 15.4 Å². The maximum Gasteiger partial charge on any atom is 0.191 e. The molecule has 1 aromatic carbocycles. The van der Waals surface area contributed by atoms with Crippen molar-refractivity contribution >= 4 is 5.96 Å². The van der Waals surface area contributed by atoms with Crippen molar-refractivity contribution < 1.29 is 4.74 Å². The molecule has 2 heterocycles. The fourth-order valence-electron chi connectivity index (χ4n) is 4.01. The molecule has 0 amide bonds. The maximum absolute atomic E-state index is 5.92. The van der Waals surface area contributed by atoms with Crippen LogP contribution in [-0.4, -0.2) is 37.3 Å². The van der Waals surface area contributed by atoms with Crippen molar-refractivity contribution in [3.63, 3.8) is 0 Å². The number of aliphatic imine (C=N–C) groups is 1. The summed E-state index contributed by atoms with van der Waals surface area (Å²) in [4.78, 5) is 4.82. The number of nitrogens with zero attached hydrogens (tertiary/aromatic N) is 1. The van der Waals surface area contributed by atoms with Gasteiger partial charge in [-0.3, -0.25) is 4.99 Å². The standard InChI is InChI=1S/C18H25N3O/c1-2-19-18(21-16-10-14-7-8-17(16)22-14)20-11-13-9-12-5-3-4-6-15(12)13/h3-6,13-14,16-17H,2,7-11H2,1H3,(H2,19,20,21). The van der Waals surface area contributed by atoms with Gasteiger partial charge in [-0.2, -0.15) is 0 Å². The molecular formula is C18H25N3O. The maximum atomic E-state index is 5.92. The van der Waals surface area contributed by atoms with Gasteiger partial charge in [0, 0.05) is 19.0 Å². The molecule has 0 saturated carbocycles. The van der Waals surface area contributed by atoms with Gasteiger partial charge in [-0.25, -0.2) is 0 Å². The summed E-state index contributed by atoms with van der Waals surface area (Å²) in [6.07, 6.45) is 5.58. The number of fused-ring (bicyclic) bond motifs is 3. The fraction of sp³-hybridized carbons (Fsp3) is 0.611. The third kappa shape index (κ3) is 2.60. The van der Waals surface area contributed by atoms with Gasteiger partial charge in [-0.15, -0.1) is 0 Å². The Labute approximate surface area is 132 Å². The zero-order chi connectivity index (χ0) is 14.9. The number of hydrogen-bond acceptors (Lipinski definition) is 2. The first-order chi connectivity index (χ1) is 10.8. The Balaban J connectivity index is 1.37. The van der Waals surface area contributed by atoms with Crippen molar-refractivity contribution in [2.75, 3.05) is 13.1 Å². The average molecular weight is 299 g/mol. The van der Waals surface area contributed by atoms with Crippen LogP contribution in [0.2, 0.25) is 0 Å². The average Bonchev–Trinajstić information content (AvgIpc) is 3.11. The van der Waals surface area contributed by atoms with Crippen LogP contribution < -0.4 is 10.6 Å². The number of nitrogens with one attached hydrogen (secondary N) is 2. The van der Waals surface area contributed by atoms with Gasteiger partial charge in [0.25, 0.3) is 0 Å². The van der Waals surface area contributed by atoms with Crippen LogP contribution in [0, 0.1) is 0 Å². The predicted octanol–water partition coefficient (Wildman–Crippen LogP) is 2.20. The Morgan fingerprint density at radius 3 is 2.95 bits per heavy atom. The number of guanidine groups is 1. The van der Waals surface area contributed by atoms with Crippen molar-refractivity contribution in [2.45, 2.75) is 56.8 Å². The van der Waals surface area contributed by atoms with Crippen LogP contribution in [0.3, 0.4) is 0 Å². The van der Waals surface area contributed by atoms with E-state index in [9.17, 15) is 0 Å². The lowest BCUT2D eigenvalue weighted by atomic mass is 9.78. The lowest BCUT2D eigenvalue weighted by Gasteiger charge is -2.29. The van der Waals surface area contributed by atoms with Crippen LogP contribution in [0.4, 0.5) is 0 Å². The molecule has 4 atom stereocenters. The molecule has 2 N–H and O–H groups in total. The summed E-state index contributed by atoms with van der Waals surface area (Å²) in [7, 11) is 0. The number of ether oxygens (including phenoxy) is 1. The fourth-order valence-corrected chi connectivity index (χ4v) is 4.01. The minimum Gasteiger partial charge on any atom is -0.373 e. The lowest BCUT2D eigenvalue weighted by Crippen LogP contribution is -2.47. The van der Waals surface area contributed by atoms with Crippen molar-refractivity contribution in [2.24, 2.45) is 4.99 Å². The van der Waals surface area contributed by atoms with Gasteiger partial charge in [0.1, 0.15) is 0 Å². The third-order valence-electron chi connectivity index (χ3n) is 5.20. The molecule has 0 aromatic heterocycles. The second-order valence-electron chi connectivity index (χ2n) is 6.68. The minimum atomic E-state index is 0.387. The van der Waals surface area contributed by atoms with Gasteiger partial charge in [-0.1, -0.05) is 24.3 Å². The molecular weight excluding hydrogens is 274 g/mol. The highest BCUT2D eigenvalue weighted by molar-refractivity contribution is 5.80. The third-order valence-corrected chi connectivity index (χ3v) is 5.20. The highest BCUT2D eigenvalue weighted by Crippen LogP contribution is 2.35. The zero-order valence-electron chi connectivity index (χ0n) is 13.2. The molecule has 1 aliphatic carbocycles. The van der Waals surface area contributed by atoms with Crippen LogP contribution in [0.5, 0.6) is 0 Å². The van der Waals surface area contributed by atoms with Crippen molar-refractivity contribution in [3.8, 4) is 0 Å². The lowest BCUT2D eigenvalue weighted by molar-refractivity contribution is 0.0992. The summed E-state index contributed by atoms with van der Waals surface area (Å²) in [5.74, 6) is 1.54. The molecule has 22 heavy (non-hydrogen) atoms. The van der Waals surface area contributed by atoms with E-state index in [4.69, 9.17) is 9.73 Å². The van der Waals surface area contributed by atoms with E-state index in [0.717, 1.165) is 31.9 Å². The quantitative estimate of drug-likeness (QED) is 0.662. The van der Waals surface area contributed by atoms with E-state index in [2.05, 4.69) is 41.8 Å². The summed E-state index contributed by atoms with van der Waals surface area (Å²) in [6, 6.07) is 9.16. The van der Waals surface area contributed by atoms with Crippen molar-refractivity contribution in [3.05, 3.63) is 35.4 Å². The molecule has 118 valence electrons. The first kappa shape index (κ1) is 14.1. The van der Waals surface area contributed by atoms with Crippen LogP contribution in [0.25, 0.3) is 0 Å². The van der Waals surface area contributed by atoms with Gasteiger partial charge in [0.05, 0.1) is 18.2 Å². The van der Waals surface area contributed by atoms with E-state index in [1.165, 1.54) is 24.0 Å². The topological polar surface area (TPSA) is 45.7 Å². The number of hydrogen-bond donors (Lipinski definition) is 2. The Bertz CT molecular complexity index is 571. The van der Waals surface area contributed by atoms with Crippen molar-refractivity contribution in [1.82, 2.24) is 10.6 Å². The van der Waals surface area contributed by atoms with E-state index in [-0.39, 0.29) is 0 Å². The smallest absolute Gasteiger partial charge is 0.191 e.